The van der Waals surface area contributed by atoms with Crippen molar-refractivity contribution in [1.82, 2.24) is 14.8 Å². The van der Waals surface area contributed by atoms with Crippen LogP contribution < -0.4 is 0 Å². The highest BCUT2D eigenvalue weighted by Gasteiger charge is 2.36. The Labute approximate surface area is 128 Å². The summed E-state index contributed by atoms with van der Waals surface area (Å²) in [7, 11) is 0. The zero-order valence-electron chi connectivity index (χ0n) is 12.1. The Balaban J connectivity index is 1.68. The lowest BCUT2D eigenvalue weighted by Gasteiger charge is -2.12. The molecule has 1 heterocycles. The number of benzene rings is 1. The summed E-state index contributed by atoms with van der Waals surface area (Å²) in [6.07, 6.45) is 4.51. The van der Waals surface area contributed by atoms with Crippen LogP contribution in [-0.4, -0.2) is 19.9 Å². The lowest BCUT2D eigenvalue weighted by molar-refractivity contribution is 0.196. The van der Waals surface area contributed by atoms with E-state index in [0.717, 1.165) is 15.6 Å². The van der Waals surface area contributed by atoms with Crippen LogP contribution in [0.5, 0.6) is 0 Å². The van der Waals surface area contributed by atoms with E-state index < -0.39 is 6.10 Å². The second-order valence-electron chi connectivity index (χ2n) is 6.03. The summed E-state index contributed by atoms with van der Waals surface area (Å²) >= 11 is 1.63. The van der Waals surface area contributed by atoms with Crippen LogP contribution in [0.25, 0.3) is 0 Å². The Morgan fingerprint density at radius 2 is 1.95 bits per heavy atom. The van der Waals surface area contributed by atoms with Gasteiger partial charge in [0.15, 0.2) is 5.16 Å². The molecule has 0 saturated heterocycles. The monoisotopic (exact) mass is 301 g/mol. The Bertz CT molecular complexity index is 659. The van der Waals surface area contributed by atoms with E-state index in [0.29, 0.717) is 12.0 Å². The summed E-state index contributed by atoms with van der Waals surface area (Å²) in [6.45, 7) is 1.81. The minimum absolute atomic E-state index is 0.464. The fourth-order valence-corrected chi connectivity index (χ4v) is 3.79. The van der Waals surface area contributed by atoms with E-state index in [1.807, 2.05) is 18.2 Å². The number of aliphatic hydroxyl groups is 1. The van der Waals surface area contributed by atoms with Crippen molar-refractivity contribution in [2.24, 2.45) is 0 Å². The highest BCUT2D eigenvalue weighted by Crippen LogP contribution is 2.47. The normalized spacial score (nSPS) is 19.7. The Morgan fingerprint density at radius 3 is 2.62 bits per heavy atom. The molecular formula is C16H19N3OS. The summed E-state index contributed by atoms with van der Waals surface area (Å²) < 4.78 is 2.35. The lowest BCUT2D eigenvalue weighted by Crippen LogP contribution is -2.02. The van der Waals surface area contributed by atoms with Crippen molar-refractivity contribution < 1.29 is 5.11 Å². The van der Waals surface area contributed by atoms with Gasteiger partial charge in [0.2, 0.25) is 0 Å². The molecule has 1 aromatic carbocycles. The smallest absolute Gasteiger partial charge is 0.196 e. The van der Waals surface area contributed by atoms with Crippen molar-refractivity contribution in [1.29, 1.82) is 0 Å². The predicted molar refractivity (Wildman–Crippen MR) is 81.5 cm³/mol. The van der Waals surface area contributed by atoms with Gasteiger partial charge in [-0.25, -0.2) is 0 Å². The van der Waals surface area contributed by atoms with Crippen molar-refractivity contribution >= 4 is 11.8 Å². The molecule has 0 radical (unpaired) electrons. The summed E-state index contributed by atoms with van der Waals surface area (Å²) in [4.78, 5) is 1.07. The van der Waals surface area contributed by atoms with Gasteiger partial charge in [-0.2, -0.15) is 0 Å². The molecule has 0 spiro atoms. The summed E-state index contributed by atoms with van der Waals surface area (Å²) in [5.74, 6) is 1.80. The third-order valence-electron chi connectivity index (χ3n) is 4.12. The number of nitrogens with zero attached hydrogens (tertiary/aromatic N) is 3. The highest BCUT2D eigenvalue weighted by atomic mass is 32.2. The van der Waals surface area contributed by atoms with Crippen LogP contribution in [0.4, 0.5) is 0 Å². The van der Waals surface area contributed by atoms with Crippen molar-refractivity contribution in [3.8, 4) is 0 Å². The van der Waals surface area contributed by atoms with E-state index in [4.69, 9.17) is 0 Å². The van der Waals surface area contributed by atoms with E-state index >= 15 is 0 Å². The van der Waals surface area contributed by atoms with E-state index in [-0.39, 0.29) is 0 Å². The zero-order valence-corrected chi connectivity index (χ0v) is 12.9. The van der Waals surface area contributed by atoms with Crippen molar-refractivity contribution in [3.05, 3.63) is 35.7 Å². The van der Waals surface area contributed by atoms with Crippen LogP contribution in [0.15, 0.2) is 34.3 Å². The molecular weight excluding hydrogens is 282 g/mol. The van der Waals surface area contributed by atoms with Gasteiger partial charge >= 0.3 is 0 Å². The molecule has 2 saturated carbocycles. The Morgan fingerprint density at radius 1 is 1.19 bits per heavy atom. The van der Waals surface area contributed by atoms with Crippen molar-refractivity contribution in [2.75, 3.05) is 0 Å². The molecule has 0 bridgehead atoms. The van der Waals surface area contributed by atoms with Gasteiger partial charge in [-0.1, -0.05) is 18.2 Å². The SMILES string of the molecule is CC(O)c1ccccc1Sc1nnc(C2CC2)n1C1CC1. The predicted octanol–water partition coefficient (Wildman–Crippen LogP) is 3.69. The van der Waals surface area contributed by atoms with Crippen LogP contribution >= 0.6 is 11.8 Å². The first-order valence-corrected chi connectivity index (χ1v) is 8.45. The molecule has 0 aliphatic heterocycles. The fourth-order valence-electron chi connectivity index (χ4n) is 2.67. The van der Waals surface area contributed by atoms with Gasteiger partial charge in [-0.05, 0) is 56.0 Å². The van der Waals surface area contributed by atoms with Crippen molar-refractivity contribution in [2.45, 2.75) is 60.7 Å². The first kappa shape index (κ1) is 13.3. The number of hydrogen-bond donors (Lipinski definition) is 1. The molecule has 0 amide bonds. The minimum atomic E-state index is -0.464. The van der Waals surface area contributed by atoms with Crippen molar-refractivity contribution in [3.63, 3.8) is 0 Å². The van der Waals surface area contributed by atoms with E-state index in [1.165, 1.54) is 31.5 Å². The number of aromatic nitrogens is 3. The Kier molecular flexibility index (Phi) is 3.27. The van der Waals surface area contributed by atoms with Gasteiger partial charge in [0.05, 0.1) is 6.10 Å². The van der Waals surface area contributed by atoms with Crippen LogP contribution in [0.1, 0.15) is 62.1 Å². The zero-order chi connectivity index (χ0) is 14.4. The summed E-state index contributed by atoms with van der Waals surface area (Å²) in [6, 6.07) is 8.60. The standard InChI is InChI=1S/C16H19N3OS/c1-10(20)13-4-2-3-5-14(13)21-16-18-17-15(11-6-7-11)19(16)12-8-9-12/h2-5,10-12,20H,6-9H2,1H3. The molecule has 4 rings (SSSR count). The van der Waals surface area contributed by atoms with Gasteiger partial charge in [0, 0.05) is 16.9 Å². The molecule has 21 heavy (non-hydrogen) atoms. The van der Waals surface area contributed by atoms with Crippen LogP contribution in [0.2, 0.25) is 0 Å². The van der Waals surface area contributed by atoms with E-state index in [2.05, 4.69) is 20.8 Å². The summed E-state index contributed by atoms with van der Waals surface area (Å²) in [5, 5.41) is 19.8. The van der Waals surface area contributed by atoms with E-state index in [1.54, 1.807) is 18.7 Å². The lowest BCUT2D eigenvalue weighted by atomic mass is 10.1. The molecule has 2 aliphatic carbocycles. The fraction of sp³-hybridized carbons (Fsp3) is 0.500. The maximum atomic E-state index is 9.92. The molecule has 1 N–H and O–H groups in total. The molecule has 4 nitrogen and oxygen atoms in total. The topological polar surface area (TPSA) is 50.9 Å². The molecule has 1 unspecified atom stereocenters. The van der Waals surface area contributed by atoms with Crippen LogP contribution in [-0.2, 0) is 0 Å². The first-order chi connectivity index (χ1) is 10.2. The van der Waals surface area contributed by atoms with Gasteiger partial charge in [0.25, 0.3) is 0 Å². The number of rotatable bonds is 5. The average Bonchev–Trinajstić information content (AvgIpc) is 3.39. The molecule has 2 aromatic rings. The number of aliphatic hydroxyl groups excluding tert-OH is 1. The van der Waals surface area contributed by atoms with Gasteiger partial charge < -0.3 is 9.67 Å². The third-order valence-corrected chi connectivity index (χ3v) is 5.17. The molecule has 2 aliphatic rings. The first-order valence-electron chi connectivity index (χ1n) is 7.63. The van der Waals surface area contributed by atoms with Gasteiger partial charge in [0.1, 0.15) is 5.82 Å². The second kappa shape index (κ2) is 5.14. The van der Waals surface area contributed by atoms with Crippen LogP contribution in [0.3, 0.4) is 0 Å². The number of hydrogen-bond acceptors (Lipinski definition) is 4. The van der Waals surface area contributed by atoms with Gasteiger partial charge in [-0.15, -0.1) is 10.2 Å². The quantitative estimate of drug-likeness (QED) is 0.915. The maximum Gasteiger partial charge on any atom is 0.196 e. The third kappa shape index (κ3) is 2.60. The molecule has 5 heteroatoms. The molecule has 110 valence electrons. The Hall–Kier alpha value is -1.33. The molecule has 1 atom stereocenters. The largest absolute Gasteiger partial charge is 0.389 e. The maximum absolute atomic E-state index is 9.92. The minimum Gasteiger partial charge on any atom is -0.389 e. The van der Waals surface area contributed by atoms with Gasteiger partial charge in [-0.3, -0.25) is 0 Å². The second-order valence-corrected chi connectivity index (χ2v) is 7.04. The average molecular weight is 301 g/mol. The summed E-state index contributed by atoms with van der Waals surface area (Å²) in [5.41, 5.74) is 0.959. The highest BCUT2D eigenvalue weighted by molar-refractivity contribution is 7.99. The molecule has 1 aromatic heterocycles. The molecule has 2 fully saturated rings. The van der Waals surface area contributed by atoms with E-state index in [9.17, 15) is 5.11 Å². The van der Waals surface area contributed by atoms with Crippen LogP contribution in [0, 0.1) is 0 Å².